The monoisotopic (exact) mass is 1870 g/mol. The van der Waals surface area contributed by atoms with E-state index in [1.54, 1.807) is 13.8 Å². The van der Waals surface area contributed by atoms with E-state index in [1.165, 1.54) is 6.92 Å². The summed E-state index contributed by atoms with van der Waals surface area (Å²) in [6, 6.07) is -1.68. The summed E-state index contributed by atoms with van der Waals surface area (Å²) in [7, 11) is 0. The number of nitrogens with one attached hydrogen (secondary N) is 1. The second kappa shape index (κ2) is 43.6. The van der Waals surface area contributed by atoms with E-state index >= 15 is 4.79 Å². The number of carbonyl (C=O) groups excluding carboxylic acids is 6. The van der Waals surface area contributed by atoms with Crippen molar-refractivity contribution in [2.45, 2.75) is 413 Å². The number of hydrogen-bond acceptors (Lipinski definition) is 40. The molecule has 14 unspecified atom stereocenters. The fourth-order valence-corrected chi connectivity index (χ4v) is 23.5. The number of rotatable bonds is 33. The van der Waals surface area contributed by atoms with Crippen LogP contribution in [0.1, 0.15) is 192 Å². The highest BCUT2D eigenvalue weighted by Gasteiger charge is 2.73. The fourth-order valence-electron chi connectivity index (χ4n) is 23.5. The first-order valence-corrected chi connectivity index (χ1v) is 46.2. The molecular weight excluding hydrogens is 1720 g/mol. The minimum absolute atomic E-state index is 0.00110. The number of aldehydes is 1. The van der Waals surface area contributed by atoms with Gasteiger partial charge in [-0.2, -0.15) is 9.59 Å². The number of Topliss-reactive ketones (excluding diaryl/α,β-unsaturated/α-hetero) is 1. The van der Waals surface area contributed by atoms with E-state index in [0.29, 0.717) is 57.8 Å². The molecule has 746 valence electrons. The van der Waals surface area contributed by atoms with Crippen LogP contribution >= 0.6 is 0 Å². The van der Waals surface area contributed by atoms with Crippen molar-refractivity contribution in [3.05, 3.63) is 11.6 Å². The highest BCUT2D eigenvalue weighted by atomic mass is 16.8. The number of amides is 1. The Morgan fingerprint density at radius 2 is 1.08 bits per heavy atom. The molecule has 0 spiro atoms. The smallest absolute Gasteiger partial charge is 0.373 e. The van der Waals surface area contributed by atoms with Gasteiger partial charge < -0.3 is 179 Å². The zero-order valence-electron chi connectivity index (χ0n) is 76.1. The molecule has 47 atom stereocenters. The number of aliphatic hydroxyl groups is 20. The quantitative estimate of drug-likeness (QED) is 0.0131. The Hall–Kier alpha value is -3.92. The standard InChI is InChI=1S/C88H145NO38.CO2/c1-13-37(4)40(24-41(93)26-43(95)27-50(38(5)14-2)119-78-68(110)61(103)49(15-3)118-78)25-42(94)28-57(100)89-58-51(31-90)120-81(73(63(58)105)125-77-70(112)65(107)71(39(6)117-77)123-75-66(108)59(101)46(96)33-114-75)127-82(113)88-23-22-83(7,8)29-45(88)44-16-17-54-84(9)20-19-56(85(10,36-92)53(84)18-21-86(54,11)87(44,12)30-55(88)99)122-80-74(126-79-69(111)64(106)62(104)52(32-91)121-79)72(48(98)35-116-80)124-76-67(109)60(102)47(97)34-115-76;2-1-3/h16,36-40,42-43,45-56,58-81,90-91,94-99,101-112H,13-15,17-35H2,1-12H3,(H,89,100);/t37-,38-,39?,40+,42+,43-,45?,46-,47-,48-,49+,50+,51?,52?,53-,54?,55?,56+,58+,59?,60+,61-,62+,63?,64+,65?,66-,67?,68?,69?,70+,71+,72+,73-,74?,75+,76+,77+,78+,79+,80+,81+,84?,85-,86+,87-,88-;/m1./s1. The Balaban J connectivity index is 0.00000537. The first-order valence-electron chi connectivity index (χ1n) is 46.2. The predicted octanol–water partition coefficient (Wildman–Crippen LogP) is -3.56. The predicted molar refractivity (Wildman–Crippen MR) is 440 cm³/mol. The van der Waals surface area contributed by atoms with Gasteiger partial charge in [-0.15, -0.1) is 0 Å². The number of allylic oxidation sites excluding steroid dienone is 2. The summed E-state index contributed by atoms with van der Waals surface area (Å²) in [5, 5.41) is 227. The summed E-state index contributed by atoms with van der Waals surface area (Å²) in [6.45, 7) is 19.9. The van der Waals surface area contributed by atoms with Gasteiger partial charge in [-0.25, -0.2) is 0 Å². The first kappa shape index (κ1) is 107. The Morgan fingerprint density at radius 1 is 0.538 bits per heavy atom. The van der Waals surface area contributed by atoms with Crippen molar-refractivity contribution in [3.63, 3.8) is 0 Å². The van der Waals surface area contributed by atoms with Gasteiger partial charge in [0.1, 0.15) is 140 Å². The van der Waals surface area contributed by atoms with Crippen LogP contribution < -0.4 is 5.32 Å². The number of hydrogen-bond donors (Lipinski definition) is 21. The van der Waals surface area contributed by atoms with Gasteiger partial charge in [-0.1, -0.05) is 101 Å². The third-order valence-electron chi connectivity index (χ3n) is 32.0. The van der Waals surface area contributed by atoms with Crippen molar-refractivity contribution in [1.29, 1.82) is 0 Å². The van der Waals surface area contributed by atoms with E-state index in [0.717, 1.165) is 11.9 Å². The summed E-state index contributed by atoms with van der Waals surface area (Å²) in [4.78, 5) is 75.2. The molecule has 130 heavy (non-hydrogen) atoms. The first-order chi connectivity index (χ1) is 61.2. The molecule has 7 aliphatic heterocycles. The molecular formula is C89H145NO40. The molecule has 21 N–H and O–H groups in total. The molecule has 11 fully saturated rings. The lowest BCUT2D eigenvalue weighted by Gasteiger charge is -2.71. The van der Waals surface area contributed by atoms with Crippen LogP contribution in [0, 0.1) is 68.0 Å². The van der Waals surface area contributed by atoms with Crippen molar-refractivity contribution >= 4 is 30.1 Å². The maximum Gasteiger partial charge on any atom is 0.373 e. The molecule has 12 aliphatic rings. The molecule has 0 radical (unpaired) electrons. The maximum absolute atomic E-state index is 16.3. The molecule has 0 bridgehead atoms. The normalized spacial score (nSPS) is 47.4. The summed E-state index contributed by atoms with van der Waals surface area (Å²) in [5.41, 5.74) is -4.90. The van der Waals surface area contributed by atoms with Crippen molar-refractivity contribution < 1.29 is 197 Å². The van der Waals surface area contributed by atoms with Gasteiger partial charge in [0.05, 0.1) is 93.6 Å². The van der Waals surface area contributed by atoms with Crippen LogP contribution in [0.4, 0.5) is 0 Å². The van der Waals surface area contributed by atoms with Crippen molar-refractivity contribution in [2.24, 2.45) is 68.0 Å². The topological polar surface area (TPSA) is 648 Å². The van der Waals surface area contributed by atoms with Crippen molar-refractivity contribution in [1.82, 2.24) is 5.32 Å². The highest BCUT2D eigenvalue weighted by molar-refractivity contribution is 5.80. The summed E-state index contributed by atoms with van der Waals surface area (Å²) in [6.07, 6.45) is -49.3. The molecule has 7 heterocycles. The zero-order chi connectivity index (χ0) is 95.8. The average Bonchev–Trinajstić information content (AvgIpc) is 0.712. The van der Waals surface area contributed by atoms with Crippen LogP contribution in [0.5, 0.6) is 0 Å². The number of aliphatic hydroxyl groups excluding tert-OH is 20. The Kier molecular flexibility index (Phi) is 35.8. The van der Waals surface area contributed by atoms with Crippen LogP contribution in [0.2, 0.25) is 0 Å². The van der Waals surface area contributed by atoms with Gasteiger partial charge >= 0.3 is 12.1 Å². The summed E-state index contributed by atoms with van der Waals surface area (Å²) < 4.78 is 85.8. The van der Waals surface area contributed by atoms with Crippen molar-refractivity contribution in [3.8, 4) is 0 Å². The lowest BCUT2D eigenvalue weighted by molar-refractivity contribution is -0.384. The third kappa shape index (κ3) is 21.3. The van der Waals surface area contributed by atoms with Crippen LogP contribution in [0.15, 0.2) is 11.6 Å². The molecule has 1 amide bonds. The fraction of sp³-hybridized carbons (Fsp3) is 0.921. The Morgan fingerprint density at radius 3 is 1.68 bits per heavy atom. The van der Waals surface area contributed by atoms with Gasteiger partial charge in [0, 0.05) is 19.3 Å². The molecule has 5 aliphatic carbocycles. The molecule has 0 aromatic heterocycles. The van der Waals surface area contributed by atoms with Gasteiger partial charge in [0.25, 0.3) is 0 Å². The molecule has 7 saturated heterocycles. The van der Waals surface area contributed by atoms with Crippen molar-refractivity contribution in [2.75, 3.05) is 33.0 Å². The van der Waals surface area contributed by atoms with E-state index < -0.39 is 323 Å². The number of ketones is 1. The number of fused-ring (bicyclic) bond motifs is 7. The second-order valence-electron chi connectivity index (χ2n) is 40.5. The minimum Gasteiger partial charge on any atom is -0.432 e. The molecule has 12 rings (SSSR count). The zero-order valence-corrected chi connectivity index (χ0v) is 76.1. The average molecular weight is 1870 g/mol. The number of ether oxygens (including phenoxy) is 14. The lowest BCUT2D eigenvalue weighted by atomic mass is 9.33. The Labute approximate surface area is 755 Å². The van der Waals surface area contributed by atoms with Crippen LogP contribution in [-0.2, 0) is 95.1 Å². The second-order valence-corrected chi connectivity index (χ2v) is 40.5. The van der Waals surface area contributed by atoms with Gasteiger partial charge in [-0.05, 0) is 135 Å². The van der Waals surface area contributed by atoms with E-state index in [1.807, 2.05) is 27.7 Å². The van der Waals surface area contributed by atoms with E-state index in [2.05, 4.69) is 46.0 Å². The van der Waals surface area contributed by atoms with Gasteiger partial charge in [0.15, 0.2) is 43.8 Å². The molecule has 41 heteroatoms. The number of esters is 1. The van der Waals surface area contributed by atoms with Crippen LogP contribution in [0.3, 0.4) is 0 Å². The van der Waals surface area contributed by atoms with E-state index in [4.69, 9.17) is 75.9 Å². The molecule has 0 aromatic carbocycles. The SMILES string of the molecule is CC[C@@H](C)[C@@H](CC(=O)C[C@@H](O)C[C@H](O[C@@H]1O[C@@H](CC)[C@@H](O)C1O)[C@H](C)CC)C[C@H](O)CC(=O)N[C@H]1C(CO)O[C@@H](OC(=O)[C@]23CCC(C)(C)CC2C2=CCC4C5(C)CC[C@H](O[C@@H]6OC[C@@H](O)[C@H](O[C@@H]7OC[C@@H](O)[C@H](O)C7O)C6O[C@@H]6OC(CO)[C@H](O)[C@H](O)C6O)[C@](C)(C=O)[C@@H]5CC[C@]4(C)[C@]2(C)CC3O)[C@H](O[C@@H]2OC(C)[C@H](O[C@@H]3OC[C@@H](O)C(O)[C@H]3O)C(O)[C@@H]2O)C1O.O=C=O. The Bertz CT molecular complexity index is 3770. The molecule has 0 aromatic rings. The lowest BCUT2D eigenvalue weighted by Crippen LogP contribution is -2.70. The highest BCUT2D eigenvalue weighted by Crippen LogP contribution is 2.76. The number of carbonyl (C=O) groups is 4. The maximum atomic E-state index is 16.3. The summed E-state index contributed by atoms with van der Waals surface area (Å²) >= 11 is 0. The molecule has 4 saturated carbocycles. The van der Waals surface area contributed by atoms with Gasteiger partial charge in [-0.3, -0.25) is 14.4 Å². The van der Waals surface area contributed by atoms with Crippen LogP contribution in [0.25, 0.3) is 0 Å². The van der Waals surface area contributed by atoms with E-state index in [-0.39, 0.29) is 74.6 Å². The largest absolute Gasteiger partial charge is 0.432 e. The molecule has 41 nitrogen and oxygen atoms in total. The third-order valence-corrected chi connectivity index (χ3v) is 32.0. The summed E-state index contributed by atoms with van der Waals surface area (Å²) in [5.74, 6) is -4.48. The van der Waals surface area contributed by atoms with Gasteiger partial charge in [0.2, 0.25) is 12.2 Å². The van der Waals surface area contributed by atoms with E-state index in [9.17, 15) is 117 Å². The minimum atomic E-state index is -2.11. The van der Waals surface area contributed by atoms with Crippen LogP contribution in [-0.4, -0.2) is 386 Å².